The number of piperazine rings is 1. The zero-order valence-electron chi connectivity index (χ0n) is 10.6. The van der Waals surface area contributed by atoms with E-state index in [0.717, 1.165) is 32.7 Å². The summed E-state index contributed by atoms with van der Waals surface area (Å²) in [5, 5.41) is 20.5. The van der Waals surface area contributed by atoms with E-state index < -0.39 is 11.7 Å². The van der Waals surface area contributed by atoms with E-state index in [1.54, 1.807) is 0 Å². The topological polar surface area (TPSA) is 76.0 Å². The highest BCUT2D eigenvalue weighted by Crippen LogP contribution is 2.08. The maximum atomic E-state index is 10.3. The van der Waals surface area contributed by atoms with Gasteiger partial charge in [0.15, 0.2) is 0 Å². The standard InChI is InChI=1S/C11H23N3O3/c1-11(2,17)9-14-7-5-13(6-8-14)4-3-12-10(15)16/h12,17H,3-9H2,1-2H3,(H,15,16). The van der Waals surface area contributed by atoms with Gasteiger partial charge in [-0.05, 0) is 13.8 Å². The Morgan fingerprint density at radius 1 is 1.24 bits per heavy atom. The van der Waals surface area contributed by atoms with Crippen molar-refractivity contribution in [2.45, 2.75) is 19.4 Å². The lowest BCUT2D eigenvalue weighted by molar-refractivity contribution is 0.0179. The summed E-state index contributed by atoms with van der Waals surface area (Å²) in [7, 11) is 0. The van der Waals surface area contributed by atoms with Gasteiger partial charge in [0.05, 0.1) is 5.60 Å². The predicted molar refractivity (Wildman–Crippen MR) is 65.2 cm³/mol. The van der Waals surface area contributed by atoms with Crippen LogP contribution in [0, 0.1) is 0 Å². The van der Waals surface area contributed by atoms with E-state index in [9.17, 15) is 9.90 Å². The van der Waals surface area contributed by atoms with Crippen molar-refractivity contribution in [3.8, 4) is 0 Å². The average Bonchev–Trinajstić information content (AvgIpc) is 2.18. The SMILES string of the molecule is CC(C)(O)CN1CCN(CCNC(=O)O)CC1. The number of carboxylic acid groups (broad SMARTS) is 1. The fourth-order valence-corrected chi connectivity index (χ4v) is 2.04. The van der Waals surface area contributed by atoms with E-state index >= 15 is 0 Å². The summed E-state index contributed by atoms with van der Waals surface area (Å²) < 4.78 is 0. The van der Waals surface area contributed by atoms with Crippen LogP contribution in [0.15, 0.2) is 0 Å². The molecule has 0 saturated carbocycles. The Labute approximate surface area is 102 Å². The number of carbonyl (C=O) groups is 1. The molecule has 0 aromatic carbocycles. The van der Waals surface area contributed by atoms with Crippen molar-refractivity contribution in [1.29, 1.82) is 0 Å². The van der Waals surface area contributed by atoms with Gasteiger partial charge in [0.1, 0.15) is 0 Å². The maximum absolute atomic E-state index is 10.3. The molecular weight excluding hydrogens is 222 g/mol. The molecule has 6 nitrogen and oxygen atoms in total. The second-order valence-corrected chi connectivity index (χ2v) is 5.16. The Kier molecular flexibility index (Phi) is 5.17. The van der Waals surface area contributed by atoms with Crippen LogP contribution in [0.2, 0.25) is 0 Å². The molecule has 1 aliphatic heterocycles. The van der Waals surface area contributed by atoms with Crippen LogP contribution in [0.3, 0.4) is 0 Å². The van der Waals surface area contributed by atoms with Crippen LogP contribution in [0.25, 0.3) is 0 Å². The Bertz CT molecular complexity index is 245. The van der Waals surface area contributed by atoms with Crippen molar-refractivity contribution in [2.24, 2.45) is 0 Å². The molecule has 1 aliphatic rings. The van der Waals surface area contributed by atoms with Crippen LogP contribution in [-0.2, 0) is 0 Å². The van der Waals surface area contributed by atoms with Gasteiger partial charge in [-0.3, -0.25) is 9.80 Å². The average molecular weight is 245 g/mol. The van der Waals surface area contributed by atoms with E-state index in [4.69, 9.17) is 5.11 Å². The molecule has 0 aromatic rings. The number of nitrogens with one attached hydrogen (secondary N) is 1. The van der Waals surface area contributed by atoms with Crippen molar-refractivity contribution < 1.29 is 15.0 Å². The van der Waals surface area contributed by atoms with E-state index in [2.05, 4.69) is 15.1 Å². The molecule has 3 N–H and O–H groups in total. The highest BCUT2D eigenvalue weighted by atomic mass is 16.4. The molecule has 1 fully saturated rings. The molecule has 0 aliphatic carbocycles. The molecule has 0 radical (unpaired) electrons. The largest absolute Gasteiger partial charge is 0.465 e. The molecular formula is C11H23N3O3. The summed E-state index contributed by atoms with van der Waals surface area (Å²) in [5.74, 6) is 0. The predicted octanol–water partition coefficient (Wildman–Crippen LogP) is -0.357. The first-order valence-corrected chi connectivity index (χ1v) is 6.01. The quantitative estimate of drug-likeness (QED) is 0.617. The third-order valence-corrected chi connectivity index (χ3v) is 2.78. The number of hydrogen-bond acceptors (Lipinski definition) is 4. The third kappa shape index (κ3) is 6.45. The van der Waals surface area contributed by atoms with Gasteiger partial charge in [0.2, 0.25) is 0 Å². The summed E-state index contributed by atoms with van der Waals surface area (Å²) in [6, 6.07) is 0. The van der Waals surface area contributed by atoms with Crippen LogP contribution < -0.4 is 5.32 Å². The molecule has 1 rings (SSSR count). The zero-order valence-corrected chi connectivity index (χ0v) is 10.6. The van der Waals surface area contributed by atoms with Crippen molar-refractivity contribution >= 4 is 6.09 Å². The number of β-amino-alcohol motifs (C(OH)–C–C–N with tert-alkyl or cyclic N) is 1. The molecule has 1 amide bonds. The van der Waals surface area contributed by atoms with E-state index in [0.29, 0.717) is 13.1 Å². The first-order valence-electron chi connectivity index (χ1n) is 6.01. The molecule has 0 spiro atoms. The van der Waals surface area contributed by atoms with Gasteiger partial charge in [-0.15, -0.1) is 0 Å². The van der Waals surface area contributed by atoms with Crippen molar-refractivity contribution in [3.63, 3.8) is 0 Å². The van der Waals surface area contributed by atoms with Gasteiger partial charge in [-0.2, -0.15) is 0 Å². The zero-order chi connectivity index (χ0) is 12.9. The van der Waals surface area contributed by atoms with Crippen LogP contribution in [-0.4, -0.2) is 77.5 Å². The fourth-order valence-electron chi connectivity index (χ4n) is 2.04. The van der Waals surface area contributed by atoms with Crippen LogP contribution in [0.4, 0.5) is 4.79 Å². The highest BCUT2D eigenvalue weighted by Gasteiger charge is 2.22. The molecule has 0 unspecified atom stereocenters. The van der Waals surface area contributed by atoms with Crippen molar-refractivity contribution in [1.82, 2.24) is 15.1 Å². The summed E-state index contributed by atoms with van der Waals surface area (Å²) in [4.78, 5) is 14.8. The molecule has 1 saturated heterocycles. The van der Waals surface area contributed by atoms with Gasteiger partial charge in [-0.1, -0.05) is 0 Å². The number of aliphatic hydroxyl groups is 1. The van der Waals surface area contributed by atoms with Gasteiger partial charge in [0.25, 0.3) is 0 Å². The molecule has 6 heteroatoms. The number of nitrogens with zero attached hydrogens (tertiary/aromatic N) is 2. The normalized spacial score (nSPS) is 19.2. The van der Waals surface area contributed by atoms with Crippen LogP contribution in [0.5, 0.6) is 0 Å². The van der Waals surface area contributed by atoms with Crippen molar-refractivity contribution in [3.05, 3.63) is 0 Å². The first-order chi connectivity index (χ1) is 7.87. The van der Waals surface area contributed by atoms with Crippen LogP contribution in [0.1, 0.15) is 13.8 Å². The van der Waals surface area contributed by atoms with E-state index in [1.807, 2.05) is 13.8 Å². The van der Waals surface area contributed by atoms with Gasteiger partial charge < -0.3 is 15.5 Å². The molecule has 0 atom stereocenters. The molecule has 100 valence electrons. The maximum Gasteiger partial charge on any atom is 0.404 e. The molecule has 0 bridgehead atoms. The van der Waals surface area contributed by atoms with Crippen molar-refractivity contribution in [2.75, 3.05) is 45.8 Å². The Morgan fingerprint density at radius 2 is 1.76 bits per heavy atom. The van der Waals surface area contributed by atoms with Crippen LogP contribution >= 0.6 is 0 Å². The molecule has 0 aromatic heterocycles. The minimum atomic E-state index is -0.967. The number of hydrogen-bond donors (Lipinski definition) is 3. The Morgan fingerprint density at radius 3 is 2.24 bits per heavy atom. The summed E-state index contributed by atoms with van der Waals surface area (Å²) in [5.41, 5.74) is -0.646. The summed E-state index contributed by atoms with van der Waals surface area (Å²) >= 11 is 0. The Balaban J connectivity index is 2.15. The Hall–Kier alpha value is -0.850. The third-order valence-electron chi connectivity index (χ3n) is 2.78. The van der Waals surface area contributed by atoms with E-state index in [-0.39, 0.29) is 0 Å². The monoisotopic (exact) mass is 245 g/mol. The lowest BCUT2D eigenvalue weighted by Gasteiger charge is -2.37. The fraction of sp³-hybridized carbons (Fsp3) is 0.909. The van der Waals surface area contributed by atoms with Gasteiger partial charge >= 0.3 is 6.09 Å². The highest BCUT2D eigenvalue weighted by molar-refractivity contribution is 5.64. The second-order valence-electron chi connectivity index (χ2n) is 5.16. The second kappa shape index (κ2) is 6.18. The lowest BCUT2D eigenvalue weighted by atomic mass is 10.1. The smallest absolute Gasteiger partial charge is 0.404 e. The minimum Gasteiger partial charge on any atom is -0.465 e. The lowest BCUT2D eigenvalue weighted by Crippen LogP contribution is -2.51. The molecule has 17 heavy (non-hydrogen) atoms. The van der Waals surface area contributed by atoms with Gasteiger partial charge in [-0.25, -0.2) is 4.79 Å². The first kappa shape index (κ1) is 14.2. The summed E-state index contributed by atoms with van der Waals surface area (Å²) in [6.45, 7) is 9.26. The molecule has 1 heterocycles. The van der Waals surface area contributed by atoms with E-state index in [1.165, 1.54) is 0 Å². The minimum absolute atomic E-state index is 0.473. The summed E-state index contributed by atoms with van der Waals surface area (Å²) in [6.07, 6.45) is -0.967. The number of rotatable bonds is 5. The number of amides is 1. The van der Waals surface area contributed by atoms with Gasteiger partial charge in [0, 0.05) is 45.8 Å².